The third-order valence-corrected chi connectivity index (χ3v) is 2.18. The smallest absolute Gasteiger partial charge is 0.305 e. The summed E-state index contributed by atoms with van der Waals surface area (Å²) in [5.41, 5.74) is 0.239. The Morgan fingerprint density at radius 2 is 1.50 bits per heavy atom. The highest BCUT2D eigenvalue weighted by atomic mass is 16.4. The SMILES string of the molecule is O=c1c2oc=2c(=O)n1-c1ccccc1. The summed E-state index contributed by atoms with van der Waals surface area (Å²) in [5.74, 6) is 0. The van der Waals surface area contributed by atoms with Crippen molar-refractivity contribution in [3.63, 3.8) is 0 Å². The number of benzene rings is 1. The summed E-state index contributed by atoms with van der Waals surface area (Å²) >= 11 is 0. The van der Waals surface area contributed by atoms with Crippen LogP contribution in [-0.2, 0) is 0 Å². The number of aromatic nitrogens is 1. The lowest BCUT2D eigenvalue weighted by Crippen LogP contribution is -2.25. The first-order valence-corrected chi connectivity index (χ1v) is 4.15. The molecule has 14 heavy (non-hydrogen) atoms. The fourth-order valence-corrected chi connectivity index (χ4v) is 1.46. The third-order valence-electron chi connectivity index (χ3n) is 2.18. The molecule has 0 atom stereocenters. The molecular formula is C10H5NO3. The fraction of sp³-hybridized carbons (Fsp3) is 0. The molecule has 0 spiro atoms. The van der Waals surface area contributed by atoms with Crippen LogP contribution in [0.3, 0.4) is 0 Å². The lowest BCUT2D eigenvalue weighted by Gasteiger charge is -1.97. The van der Waals surface area contributed by atoms with Crippen LogP contribution >= 0.6 is 0 Å². The maximum Gasteiger partial charge on any atom is 0.305 e. The molecule has 0 aromatic heterocycles. The van der Waals surface area contributed by atoms with Gasteiger partial charge in [0.2, 0.25) is 10.8 Å². The van der Waals surface area contributed by atoms with Crippen LogP contribution in [0.2, 0.25) is 0 Å². The van der Waals surface area contributed by atoms with Crippen LogP contribution in [0.15, 0.2) is 44.3 Å². The number of rotatable bonds is 1. The molecular weight excluding hydrogens is 182 g/mol. The van der Waals surface area contributed by atoms with Crippen LogP contribution in [0.25, 0.3) is 5.69 Å². The fourth-order valence-electron chi connectivity index (χ4n) is 1.46. The van der Waals surface area contributed by atoms with E-state index in [1.54, 1.807) is 24.3 Å². The van der Waals surface area contributed by atoms with Crippen molar-refractivity contribution in [2.45, 2.75) is 0 Å². The molecule has 2 aliphatic heterocycles. The Bertz CT molecular complexity index is 670. The molecule has 0 bridgehead atoms. The molecule has 2 heterocycles. The largest absolute Gasteiger partial charge is 0.437 e. The number of para-hydroxylation sites is 1. The van der Waals surface area contributed by atoms with Crippen LogP contribution in [0.1, 0.15) is 0 Å². The molecule has 68 valence electrons. The maximum atomic E-state index is 11.5. The minimum atomic E-state index is -0.365. The van der Waals surface area contributed by atoms with Crippen molar-refractivity contribution in [1.82, 2.24) is 4.57 Å². The van der Waals surface area contributed by atoms with Crippen molar-refractivity contribution < 1.29 is 4.42 Å². The van der Waals surface area contributed by atoms with Gasteiger partial charge in [-0.3, -0.25) is 9.59 Å². The summed E-state index contributed by atoms with van der Waals surface area (Å²) in [6, 6.07) is 8.79. The molecule has 3 rings (SSSR count). The minimum absolute atomic E-state index is 0.193. The molecule has 0 radical (unpaired) electrons. The van der Waals surface area contributed by atoms with Gasteiger partial charge in [0.1, 0.15) is 0 Å². The quantitative estimate of drug-likeness (QED) is 0.553. The van der Waals surface area contributed by atoms with Gasteiger partial charge in [0.25, 0.3) is 0 Å². The highest BCUT2D eigenvalue weighted by Crippen LogP contribution is 2.04. The zero-order valence-electron chi connectivity index (χ0n) is 7.06. The van der Waals surface area contributed by atoms with Gasteiger partial charge in [-0.2, -0.15) is 0 Å². The summed E-state index contributed by atoms with van der Waals surface area (Å²) in [6.45, 7) is 0. The van der Waals surface area contributed by atoms with Gasteiger partial charge in [-0.15, -0.1) is 0 Å². The number of nitrogens with zero attached hydrogens (tertiary/aromatic N) is 1. The van der Waals surface area contributed by atoms with Crippen molar-refractivity contribution in [2.75, 3.05) is 0 Å². The van der Waals surface area contributed by atoms with Crippen molar-refractivity contribution in [3.8, 4) is 5.69 Å². The average Bonchev–Trinajstić information content (AvgIpc) is 2.94. The Labute approximate surface area is 77.4 Å². The predicted octanol–water partition coefficient (Wildman–Crippen LogP) is 0.391. The summed E-state index contributed by atoms with van der Waals surface area (Å²) in [4.78, 5) is 23.0. The van der Waals surface area contributed by atoms with Gasteiger partial charge in [-0.05, 0) is 12.1 Å². The molecule has 0 amide bonds. The summed E-state index contributed by atoms with van der Waals surface area (Å²) < 4.78 is 5.84. The number of hydrogen-bond donors (Lipinski definition) is 0. The van der Waals surface area contributed by atoms with E-state index < -0.39 is 0 Å². The highest BCUT2D eigenvalue weighted by molar-refractivity contribution is 5.32. The van der Waals surface area contributed by atoms with Gasteiger partial charge < -0.3 is 4.42 Å². The van der Waals surface area contributed by atoms with Crippen LogP contribution in [0, 0.1) is 10.8 Å². The van der Waals surface area contributed by atoms with E-state index in [0.717, 1.165) is 4.57 Å². The Hall–Kier alpha value is -2.10. The molecule has 1 aromatic rings. The van der Waals surface area contributed by atoms with Crippen LogP contribution < -0.4 is 11.1 Å². The monoisotopic (exact) mass is 187 g/mol. The molecule has 0 N–H and O–H groups in total. The van der Waals surface area contributed by atoms with Gasteiger partial charge in [0.05, 0.1) is 5.69 Å². The van der Waals surface area contributed by atoms with Gasteiger partial charge >= 0.3 is 11.1 Å². The van der Waals surface area contributed by atoms with E-state index in [9.17, 15) is 9.59 Å². The van der Waals surface area contributed by atoms with E-state index in [4.69, 9.17) is 4.42 Å². The first-order chi connectivity index (χ1) is 6.79. The Kier molecular flexibility index (Phi) is 1.16. The van der Waals surface area contributed by atoms with Crippen LogP contribution in [-0.4, -0.2) is 4.57 Å². The van der Waals surface area contributed by atoms with Gasteiger partial charge in [-0.1, -0.05) is 18.2 Å². The highest BCUT2D eigenvalue weighted by Gasteiger charge is 2.20. The van der Waals surface area contributed by atoms with Crippen LogP contribution in [0.4, 0.5) is 0 Å². The van der Waals surface area contributed by atoms with E-state index >= 15 is 0 Å². The second-order valence-electron chi connectivity index (χ2n) is 3.04. The van der Waals surface area contributed by atoms with Gasteiger partial charge in [-0.25, -0.2) is 4.57 Å². The first-order valence-electron chi connectivity index (χ1n) is 4.15. The molecule has 1 aromatic carbocycles. The zero-order chi connectivity index (χ0) is 9.71. The topological polar surface area (TPSA) is 52.2 Å². The van der Waals surface area contributed by atoms with Crippen molar-refractivity contribution in [2.24, 2.45) is 0 Å². The van der Waals surface area contributed by atoms with Crippen molar-refractivity contribution in [3.05, 3.63) is 61.9 Å². The second-order valence-corrected chi connectivity index (χ2v) is 3.04. The van der Waals surface area contributed by atoms with E-state index in [1.807, 2.05) is 6.07 Å². The van der Waals surface area contributed by atoms with E-state index in [-0.39, 0.29) is 21.9 Å². The normalized spacial score (nSPS) is 11.4. The van der Waals surface area contributed by atoms with Gasteiger partial charge in [0.15, 0.2) is 0 Å². The van der Waals surface area contributed by atoms with Gasteiger partial charge in [0, 0.05) is 0 Å². The van der Waals surface area contributed by atoms with Crippen molar-refractivity contribution >= 4 is 0 Å². The Balaban J connectivity index is 2.40. The zero-order valence-corrected chi connectivity index (χ0v) is 7.06. The molecule has 0 unspecified atom stereocenters. The first kappa shape index (κ1) is 7.32. The summed E-state index contributed by atoms with van der Waals surface area (Å²) in [7, 11) is 0. The molecule has 4 heteroatoms. The standard InChI is InChI=1S/C10H5NO3/c12-9-7-8(14-7)10(13)11(9)6-4-2-1-3-5-6/h1-5H. The molecule has 0 aliphatic carbocycles. The minimum Gasteiger partial charge on any atom is -0.437 e. The second kappa shape index (κ2) is 2.23. The molecule has 2 aliphatic rings. The lowest BCUT2D eigenvalue weighted by molar-refractivity contribution is 0.606. The third kappa shape index (κ3) is 0.771. The number of hydrogen-bond acceptors (Lipinski definition) is 3. The molecule has 0 saturated carbocycles. The molecule has 0 saturated heterocycles. The molecule has 0 fully saturated rings. The average molecular weight is 187 g/mol. The Morgan fingerprint density at radius 3 is 2.07 bits per heavy atom. The van der Waals surface area contributed by atoms with Crippen LogP contribution in [0.5, 0.6) is 0 Å². The lowest BCUT2D eigenvalue weighted by atomic mass is 10.3. The molecule has 4 nitrogen and oxygen atoms in total. The summed E-state index contributed by atoms with van der Waals surface area (Å²) in [6.07, 6.45) is 0. The Morgan fingerprint density at radius 1 is 0.929 bits per heavy atom. The summed E-state index contributed by atoms with van der Waals surface area (Å²) in [5, 5.41) is 0. The van der Waals surface area contributed by atoms with E-state index in [1.165, 1.54) is 0 Å². The van der Waals surface area contributed by atoms with E-state index in [0.29, 0.717) is 5.69 Å². The maximum absolute atomic E-state index is 11.5. The van der Waals surface area contributed by atoms with E-state index in [2.05, 4.69) is 0 Å². The van der Waals surface area contributed by atoms with Crippen molar-refractivity contribution in [1.29, 1.82) is 0 Å². The predicted molar refractivity (Wildman–Crippen MR) is 48.2 cm³/mol.